The van der Waals surface area contributed by atoms with Crippen molar-refractivity contribution in [3.63, 3.8) is 0 Å². The van der Waals surface area contributed by atoms with Crippen molar-refractivity contribution in [1.82, 2.24) is 14.7 Å². The van der Waals surface area contributed by atoms with E-state index in [0.717, 1.165) is 11.2 Å². The quantitative estimate of drug-likeness (QED) is 0.496. The topological polar surface area (TPSA) is 79.2 Å². The van der Waals surface area contributed by atoms with Crippen LogP contribution in [-0.4, -0.2) is 21.8 Å². The minimum Gasteiger partial charge on any atom is -0.387 e. The number of fused-ring (bicyclic) bond motifs is 1. The lowest BCUT2D eigenvalue weighted by atomic mass is 10.3. The maximum atomic E-state index is 7.07. The molecule has 0 aliphatic carbocycles. The zero-order valence-electron chi connectivity index (χ0n) is 8.27. The van der Waals surface area contributed by atoms with Gasteiger partial charge in [-0.25, -0.2) is 4.98 Å². The molecule has 78 valence electrons. The van der Waals surface area contributed by atoms with Gasteiger partial charge in [0, 0.05) is 25.1 Å². The molecule has 4 N–H and O–H groups in total. The minimum atomic E-state index is 0.152. The molecular formula is C10H13N5. The highest BCUT2D eigenvalue weighted by Crippen LogP contribution is 2.03. The second-order valence-electron chi connectivity index (χ2n) is 3.36. The Balaban J connectivity index is 2.04. The standard InChI is InChI=1S/C10H13N5/c11-9(12)6-13-5-8-1-2-10-14-3-4-15(10)7-8/h1-4,7,13H,5-6H2,(H3,11,12). The molecule has 0 bridgehead atoms. The summed E-state index contributed by atoms with van der Waals surface area (Å²) in [5.74, 6) is 0.152. The maximum absolute atomic E-state index is 7.07. The van der Waals surface area contributed by atoms with Gasteiger partial charge in [0.05, 0.1) is 6.54 Å². The van der Waals surface area contributed by atoms with E-state index in [-0.39, 0.29) is 5.84 Å². The fraction of sp³-hybridized carbons (Fsp3) is 0.200. The Labute approximate surface area is 87.4 Å². The van der Waals surface area contributed by atoms with Crippen molar-refractivity contribution in [2.75, 3.05) is 6.54 Å². The van der Waals surface area contributed by atoms with Gasteiger partial charge in [-0.2, -0.15) is 0 Å². The van der Waals surface area contributed by atoms with Gasteiger partial charge in [-0.3, -0.25) is 5.41 Å². The minimum absolute atomic E-state index is 0.152. The molecule has 0 aromatic carbocycles. The first kappa shape index (κ1) is 9.67. The number of nitrogens with one attached hydrogen (secondary N) is 2. The molecule has 5 nitrogen and oxygen atoms in total. The first-order chi connectivity index (χ1) is 7.25. The Bertz CT molecular complexity index is 473. The van der Waals surface area contributed by atoms with Crippen molar-refractivity contribution >= 4 is 11.5 Å². The van der Waals surface area contributed by atoms with Gasteiger partial charge in [0.15, 0.2) is 0 Å². The van der Waals surface area contributed by atoms with Crippen LogP contribution in [0.1, 0.15) is 5.56 Å². The van der Waals surface area contributed by atoms with Crippen LogP contribution in [0.5, 0.6) is 0 Å². The summed E-state index contributed by atoms with van der Waals surface area (Å²) >= 11 is 0. The number of aromatic nitrogens is 2. The lowest BCUT2D eigenvalue weighted by Gasteiger charge is -2.04. The average Bonchev–Trinajstić information content (AvgIpc) is 2.64. The van der Waals surface area contributed by atoms with Crippen molar-refractivity contribution in [3.8, 4) is 0 Å². The number of amidine groups is 1. The molecule has 2 aromatic rings. The fourth-order valence-corrected chi connectivity index (χ4v) is 1.41. The van der Waals surface area contributed by atoms with E-state index in [1.165, 1.54) is 0 Å². The number of pyridine rings is 1. The molecule has 0 atom stereocenters. The number of nitrogens with zero attached hydrogens (tertiary/aromatic N) is 2. The third-order valence-electron chi connectivity index (χ3n) is 2.09. The van der Waals surface area contributed by atoms with Crippen molar-refractivity contribution in [1.29, 1.82) is 5.41 Å². The highest BCUT2D eigenvalue weighted by atomic mass is 15.0. The third kappa shape index (κ3) is 2.32. The second kappa shape index (κ2) is 4.10. The predicted octanol–water partition coefficient (Wildman–Crippen LogP) is 0.360. The molecular weight excluding hydrogens is 190 g/mol. The van der Waals surface area contributed by atoms with E-state index in [1.54, 1.807) is 6.20 Å². The Morgan fingerprint density at radius 2 is 2.40 bits per heavy atom. The van der Waals surface area contributed by atoms with Gasteiger partial charge in [-0.15, -0.1) is 0 Å². The van der Waals surface area contributed by atoms with Gasteiger partial charge in [0.25, 0.3) is 0 Å². The van der Waals surface area contributed by atoms with Crippen molar-refractivity contribution in [2.45, 2.75) is 6.54 Å². The normalized spacial score (nSPS) is 10.7. The van der Waals surface area contributed by atoms with E-state index < -0.39 is 0 Å². The van der Waals surface area contributed by atoms with Crippen LogP contribution in [0.15, 0.2) is 30.7 Å². The predicted molar refractivity (Wildman–Crippen MR) is 58.8 cm³/mol. The highest BCUT2D eigenvalue weighted by Gasteiger charge is 1.96. The van der Waals surface area contributed by atoms with Crippen LogP contribution in [0, 0.1) is 5.41 Å². The Morgan fingerprint density at radius 3 is 3.20 bits per heavy atom. The summed E-state index contributed by atoms with van der Waals surface area (Å²) in [6.07, 6.45) is 5.68. The van der Waals surface area contributed by atoms with Gasteiger partial charge in [0.1, 0.15) is 11.5 Å². The summed E-state index contributed by atoms with van der Waals surface area (Å²) in [7, 11) is 0. The molecule has 0 fully saturated rings. The first-order valence-corrected chi connectivity index (χ1v) is 4.71. The highest BCUT2D eigenvalue weighted by molar-refractivity contribution is 5.78. The third-order valence-corrected chi connectivity index (χ3v) is 2.09. The Kier molecular flexibility index (Phi) is 2.64. The molecule has 0 spiro atoms. The summed E-state index contributed by atoms with van der Waals surface area (Å²) in [4.78, 5) is 4.16. The van der Waals surface area contributed by atoms with Gasteiger partial charge in [-0.1, -0.05) is 6.07 Å². The number of rotatable bonds is 4. The smallest absolute Gasteiger partial charge is 0.136 e. The van der Waals surface area contributed by atoms with Crippen LogP contribution in [0.2, 0.25) is 0 Å². The number of imidazole rings is 1. The van der Waals surface area contributed by atoms with E-state index in [1.807, 2.05) is 28.9 Å². The van der Waals surface area contributed by atoms with Crippen LogP contribution in [0.3, 0.4) is 0 Å². The van der Waals surface area contributed by atoms with Gasteiger partial charge in [-0.05, 0) is 11.6 Å². The van der Waals surface area contributed by atoms with Gasteiger partial charge < -0.3 is 15.5 Å². The van der Waals surface area contributed by atoms with E-state index in [4.69, 9.17) is 11.1 Å². The van der Waals surface area contributed by atoms with Crippen molar-refractivity contribution in [2.24, 2.45) is 5.73 Å². The van der Waals surface area contributed by atoms with E-state index in [9.17, 15) is 0 Å². The molecule has 2 rings (SSSR count). The summed E-state index contributed by atoms with van der Waals surface area (Å²) in [5, 5.41) is 10.1. The molecule has 0 amide bonds. The molecule has 5 heteroatoms. The molecule has 0 saturated carbocycles. The summed E-state index contributed by atoms with van der Waals surface area (Å²) in [6, 6.07) is 3.97. The monoisotopic (exact) mass is 203 g/mol. The van der Waals surface area contributed by atoms with E-state index >= 15 is 0 Å². The Hall–Kier alpha value is -1.88. The zero-order valence-corrected chi connectivity index (χ0v) is 8.27. The summed E-state index contributed by atoms with van der Waals surface area (Å²) < 4.78 is 1.96. The van der Waals surface area contributed by atoms with Gasteiger partial charge >= 0.3 is 0 Å². The first-order valence-electron chi connectivity index (χ1n) is 4.71. The van der Waals surface area contributed by atoms with E-state index in [2.05, 4.69) is 10.3 Å². The molecule has 2 heterocycles. The molecule has 0 aliphatic rings. The summed E-state index contributed by atoms with van der Waals surface area (Å²) in [6.45, 7) is 1.12. The number of nitrogens with two attached hydrogens (primary N) is 1. The molecule has 0 unspecified atom stereocenters. The average molecular weight is 203 g/mol. The van der Waals surface area contributed by atoms with Crippen molar-refractivity contribution in [3.05, 3.63) is 36.3 Å². The molecule has 15 heavy (non-hydrogen) atoms. The molecule has 0 saturated heterocycles. The van der Waals surface area contributed by atoms with Crippen LogP contribution >= 0.6 is 0 Å². The number of hydrogen-bond donors (Lipinski definition) is 3. The Morgan fingerprint density at radius 1 is 1.53 bits per heavy atom. The molecule has 2 aromatic heterocycles. The lowest BCUT2D eigenvalue weighted by Crippen LogP contribution is -2.27. The zero-order chi connectivity index (χ0) is 10.7. The van der Waals surface area contributed by atoms with Crippen molar-refractivity contribution < 1.29 is 0 Å². The molecule has 0 aliphatic heterocycles. The van der Waals surface area contributed by atoms with Crippen LogP contribution in [0.4, 0.5) is 0 Å². The fourth-order valence-electron chi connectivity index (χ4n) is 1.41. The lowest BCUT2D eigenvalue weighted by molar-refractivity contribution is 0.766. The molecule has 0 radical (unpaired) electrons. The summed E-state index contributed by atoms with van der Waals surface area (Å²) in [5.41, 5.74) is 7.31. The van der Waals surface area contributed by atoms with Crippen LogP contribution in [0.25, 0.3) is 5.65 Å². The number of hydrogen-bond acceptors (Lipinski definition) is 3. The van der Waals surface area contributed by atoms with E-state index in [0.29, 0.717) is 13.1 Å². The second-order valence-corrected chi connectivity index (χ2v) is 3.36. The largest absolute Gasteiger partial charge is 0.387 e. The van der Waals surface area contributed by atoms with Crippen LogP contribution < -0.4 is 11.1 Å². The SMILES string of the molecule is N=C(N)CNCc1ccc2nccn2c1. The maximum Gasteiger partial charge on any atom is 0.136 e. The van der Waals surface area contributed by atoms with Crippen LogP contribution in [-0.2, 0) is 6.54 Å². The van der Waals surface area contributed by atoms with Gasteiger partial charge in [0.2, 0.25) is 0 Å².